The summed E-state index contributed by atoms with van der Waals surface area (Å²) in [5, 5.41) is 3.17. The van der Waals surface area contributed by atoms with Crippen LogP contribution in [0.4, 0.5) is 11.4 Å². The highest BCUT2D eigenvalue weighted by molar-refractivity contribution is 7.20. The molecule has 0 spiro atoms. The van der Waals surface area contributed by atoms with Crippen LogP contribution in [0.15, 0.2) is 71.8 Å². The lowest BCUT2D eigenvalue weighted by Crippen LogP contribution is -2.48. The molecule has 1 fully saturated rings. The zero-order chi connectivity index (χ0) is 24.4. The maximum absolute atomic E-state index is 13.3. The van der Waals surface area contributed by atoms with E-state index in [0.29, 0.717) is 39.4 Å². The highest BCUT2D eigenvalue weighted by atomic mass is 32.1. The Kier molecular flexibility index (Phi) is 6.33. The van der Waals surface area contributed by atoms with E-state index in [1.54, 1.807) is 19.1 Å². The molecule has 3 heterocycles. The standard InChI is InChI=1S/C26H25N5O3S/c1-18-22-24(27-17-31(25(22)33)16-21(32)28-19-8-4-2-5-9-19)35-23(18)26(34)30-14-12-29(13-15-30)20-10-6-3-7-11-20/h2-11,17H,12-16H2,1H3,(H,28,32). The number of carbonyl (C=O) groups excluding carboxylic acids is 2. The van der Waals surface area contributed by atoms with Crippen LogP contribution in [0.5, 0.6) is 0 Å². The largest absolute Gasteiger partial charge is 0.368 e. The van der Waals surface area contributed by atoms with Crippen molar-refractivity contribution < 1.29 is 9.59 Å². The normalized spacial score (nSPS) is 13.7. The summed E-state index contributed by atoms with van der Waals surface area (Å²) < 4.78 is 1.28. The number of nitrogens with zero attached hydrogens (tertiary/aromatic N) is 4. The fraction of sp³-hybridized carbons (Fsp3) is 0.231. The highest BCUT2D eigenvalue weighted by Gasteiger charge is 2.27. The van der Waals surface area contributed by atoms with Crippen molar-refractivity contribution in [2.24, 2.45) is 0 Å². The molecule has 2 aromatic carbocycles. The summed E-state index contributed by atoms with van der Waals surface area (Å²) in [5.41, 5.74) is 2.11. The first-order valence-electron chi connectivity index (χ1n) is 11.4. The number of hydrogen-bond donors (Lipinski definition) is 1. The van der Waals surface area contributed by atoms with E-state index in [4.69, 9.17) is 0 Å². The number of para-hydroxylation sites is 2. The lowest BCUT2D eigenvalue weighted by atomic mass is 10.2. The predicted molar refractivity (Wildman–Crippen MR) is 138 cm³/mol. The van der Waals surface area contributed by atoms with Gasteiger partial charge in [-0.1, -0.05) is 36.4 Å². The Bertz CT molecular complexity index is 1420. The molecule has 1 aliphatic rings. The van der Waals surface area contributed by atoms with Gasteiger partial charge in [0, 0.05) is 37.6 Å². The SMILES string of the molecule is Cc1c(C(=O)N2CCN(c3ccccc3)CC2)sc2ncn(CC(=O)Nc3ccccc3)c(=O)c12. The Morgan fingerprint density at radius 2 is 1.63 bits per heavy atom. The van der Waals surface area contributed by atoms with Crippen molar-refractivity contribution in [1.82, 2.24) is 14.5 Å². The minimum absolute atomic E-state index is 0.0778. The summed E-state index contributed by atoms with van der Waals surface area (Å²) in [6.45, 7) is 4.35. The maximum Gasteiger partial charge on any atom is 0.264 e. The quantitative estimate of drug-likeness (QED) is 0.466. The molecule has 5 rings (SSSR count). The van der Waals surface area contributed by atoms with Gasteiger partial charge >= 0.3 is 0 Å². The molecule has 0 radical (unpaired) electrons. The number of aromatic nitrogens is 2. The molecule has 1 saturated heterocycles. The Hall–Kier alpha value is -3.98. The first-order chi connectivity index (χ1) is 17.0. The number of fused-ring (bicyclic) bond motifs is 1. The number of carbonyl (C=O) groups is 2. The third-order valence-electron chi connectivity index (χ3n) is 6.17. The van der Waals surface area contributed by atoms with Gasteiger partial charge in [-0.2, -0.15) is 0 Å². The van der Waals surface area contributed by atoms with Gasteiger partial charge in [0.25, 0.3) is 11.5 Å². The van der Waals surface area contributed by atoms with Crippen molar-refractivity contribution in [3.8, 4) is 0 Å². The minimum atomic E-state index is -0.320. The first-order valence-corrected chi connectivity index (χ1v) is 12.3. The van der Waals surface area contributed by atoms with Crippen LogP contribution < -0.4 is 15.8 Å². The summed E-state index contributed by atoms with van der Waals surface area (Å²) >= 11 is 1.24. The lowest BCUT2D eigenvalue weighted by Gasteiger charge is -2.36. The average molecular weight is 488 g/mol. The zero-order valence-corrected chi connectivity index (χ0v) is 20.1. The van der Waals surface area contributed by atoms with Crippen LogP contribution >= 0.6 is 11.3 Å². The molecule has 0 unspecified atom stereocenters. The molecule has 0 aliphatic carbocycles. The van der Waals surface area contributed by atoms with Crippen LogP contribution in [0.1, 0.15) is 15.2 Å². The molecule has 0 bridgehead atoms. The van der Waals surface area contributed by atoms with E-state index in [1.807, 2.05) is 41.3 Å². The molecule has 1 aliphatic heterocycles. The number of anilines is 2. The van der Waals surface area contributed by atoms with E-state index in [9.17, 15) is 14.4 Å². The van der Waals surface area contributed by atoms with Crippen molar-refractivity contribution in [3.63, 3.8) is 0 Å². The van der Waals surface area contributed by atoms with Crippen molar-refractivity contribution in [1.29, 1.82) is 0 Å². The van der Waals surface area contributed by atoms with E-state index in [0.717, 1.165) is 18.8 Å². The van der Waals surface area contributed by atoms with Gasteiger partial charge in [0.2, 0.25) is 5.91 Å². The maximum atomic E-state index is 13.3. The molecule has 35 heavy (non-hydrogen) atoms. The molecule has 4 aromatic rings. The van der Waals surface area contributed by atoms with Crippen LogP contribution in [0.2, 0.25) is 0 Å². The van der Waals surface area contributed by atoms with E-state index in [-0.39, 0.29) is 23.9 Å². The summed E-state index contributed by atoms with van der Waals surface area (Å²) in [4.78, 5) is 48.5. The topological polar surface area (TPSA) is 87.5 Å². The van der Waals surface area contributed by atoms with Crippen LogP contribution in [-0.4, -0.2) is 52.4 Å². The number of aryl methyl sites for hydroxylation is 1. The molecule has 8 nitrogen and oxygen atoms in total. The number of benzene rings is 2. The van der Waals surface area contributed by atoms with Gasteiger partial charge in [-0.05, 0) is 36.8 Å². The van der Waals surface area contributed by atoms with Gasteiger partial charge in [0.1, 0.15) is 11.4 Å². The predicted octanol–water partition coefficient (Wildman–Crippen LogP) is 3.37. The van der Waals surface area contributed by atoms with Gasteiger partial charge in [0.05, 0.1) is 16.6 Å². The summed E-state index contributed by atoms with van der Waals surface area (Å²) in [6, 6.07) is 19.2. The van der Waals surface area contributed by atoms with Crippen LogP contribution in [0.3, 0.4) is 0 Å². The molecule has 178 valence electrons. The van der Waals surface area contributed by atoms with Crippen LogP contribution in [-0.2, 0) is 11.3 Å². The fourth-order valence-corrected chi connectivity index (χ4v) is 5.41. The molecular formula is C26H25N5O3S. The van der Waals surface area contributed by atoms with Gasteiger partial charge in [0.15, 0.2) is 0 Å². The second kappa shape index (κ2) is 9.71. The molecule has 0 saturated carbocycles. The van der Waals surface area contributed by atoms with E-state index < -0.39 is 0 Å². The monoisotopic (exact) mass is 487 g/mol. The Balaban J connectivity index is 1.32. The molecule has 9 heteroatoms. The molecular weight excluding hydrogens is 462 g/mol. The summed E-state index contributed by atoms with van der Waals surface area (Å²) in [7, 11) is 0. The molecule has 0 atom stereocenters. The number of nitrogens with one attached hydrogen (secondary N) is 1. The van der Waals surface area contributed by atoms with Crippen molar-refractivity contribution in [2.45, 2.75) is 13.5 Å². The Morgan fingerprint density at radius 1 is 0.971 bits per heavy atom. The third-order valence-corrected chi connectivity index (χ3v) is 7.36. The van der Waals surface area contributed by atoms with Gasteiger partial charge in [-0.15, -0.1) is 11.3 Å². The van der Waals surface area contributed by atoms with Gasteiger partial charge in [-0.3, -0.25) is 19.0 Å². The summed E-state index contributed by atoms with van der Waals surface area (Å²) in [5.74, 6) is -0.397. The van der Waals surface area contributed by atoms with Crippen LogP contribution in [0, 0.1) is 6.92 Å². The molecule has 2 aromatic heterocycles. The van der Waals surface area contributed by atoms with Crippen LogP contribution in [0.25, 0.3) is 10.2 Å². The fourth-order valence-electron chi connectivity index (χ4n) is 4.30. The van der Waals surface area contributed by atoms with E-state index in [1.165, 1.54) is 22.2 Å². The van der Waals surface area contributed by atoms with Crippen molar-refractivity contribution >= 4 is 44.7 Å². The minimum Gasteiger partial charge on any atom is -0.368 e. The second-order valence-electron chi connectivity index (χ2n) is 8.44. The molecule has 2 amide bonds. The zero-order valence-electron chi connectivity index (χ0n) is 19.3. The number of amides is 2. The lowest BCUT2D eigenvalue weighted by molar-refractivity contribution is -0.116. The van der Waals surface area contributed by atoms with Crippen molar-refractivity contribution in [2.75, 3.05) is 36.4 Å². The van der Waals surface area contributed by atoms with Gasteiger partial charge in [-0.25, -0.2) is 4.98 Å². The Labute approximate surface area is 206 Å². The number of rotatable bonds is 5. The highest BCUT2D eigenvalue weighted by Crippen LogP contribution is 2.28. The first kappa shape index (κ1) is 22.8. The smallest absolute Gasteiger partial charge is 0.264 e. The van der Waals surface area contributed by atoms with Crippen molar-refractivity contribution in [3.05, 3.63) is 87.8 Å². The molecule has 1 N–H and O–H groups in total. The van der Waals surface area contributed by atoms with E-state index >= 15 is 0 Å². The Morgan fingerprint density at radius 3 is 2.31 bits per heavy atom. The van der Waals surface area contributed by atoms with Gasteiger partial charge < -0.3 is 15.1 Å². The number of thiophene rings is 1. The number of hydrogen-bond acceptors (Lipinski definition) is 6. The average Bonchev–Trinajstić information content (AvgIpc) is 3.23. The number of piperazine rings is 1. The summed E-state index contributed by atoms with van der Waals surface area (Å²) in [6.07, 6.45) is 1.37. The second-order valence-corrected chi connectivity index (χ2v) is 9.44. The van der Waals surface area contributed by atoms with E-state index in [2.05, 4.69) is 27.3 Å². The third kappa shape index (κ3) is 4.67.